The van der Waals surface area contributed by atoms with Gasteiger partial charge in [-0.3, -0.25) is 0 Å². The molecule has 0 atom stereocenters. The van der Waals surface area contributed by atoms with Gasteiger partial charge >= 0.3 is 0 Å². The number of rotatable bonds is 14. The third-order valence-corrected chi connectivity index (χ3v) is 5.39. The van der Waals surface area contributed by atoms with Crippen LogP contribution >= 0.6 is 0 Å². The van der Waals surface area contributed by atoms with E-state index < -0.39 is 0 Å². The zero-order valence-electron chi connectivity index (χ0n) is 21.7. The van der Waals surface area contributed by atoms with Crippen molar-refractivity contribution in [3.8, 4) is 17.1 Å². The van der Waals surface area contributed by atoms with E-state index in [-0.39, 0.29) is 5.41 Å². The van der Waals surface area contributed by atoms with E-state index in [4.69, 9.17) is 19.9 Å². The summed E-state index contributed by atoms with van der Waals surface area (Å²) >= 11 is 0. The molecular weight excluding hydrogens is 456 g/mol. The van der Waals surface area contributed by atoms with Crippen LogP contribution in [0.5, 0.6) is 5.75 Å². The average Bonchev–Trinajstić information content (AvgIpc) is 2.88. The van der Waals surface area contributed by atoms with Gasteiger partial charge in [0.15, 0.2) is 5.82 Å². The summed E-state index contributed by atoms with van der Waals surface area (Å²) in [6, 6.07) is 16.2. The van der Waals surface area contributed by atoms with Crippen LogP contribution in [-0.2, 0) is 21.4 Å². The Labute approximate surface area is 213 Å². The molecule has 9 nitrogen and oxygen atoms in total. The number of ether oxygens (including phenoxy) is 3. The highest BCUT2D eigenvalue weighted by atomic mass is 16.5. The van der Waals surface area contributed by atoms with E-state index >= 15 is 0 Å². The second-order valence-electron chi connectivity index (χ2n) is 9.28. The molecule has 0 aliphatic rings. The van der Waals surface area contributed by atoms with Gasteiger partial charge in [0.1, 0.15) is 5.75 Å². The molecule has 0 fully saturated rings. The van der Waals surface area contributed by atoms with Crippen molar-refractivity contribution in [2.24, 2.45) is 5.73 Å². The lowest BCUT2D eigenvalue weighted by molar-refractivity contribution is 0.0547. The van der Waals surface area contributed by atoms with Crippen LogP contribution in [0, 0.1) is 0 Å². The highest BCUT2D eigenvalue weighted by Gasteiger charge is 2.14. The molecule has 1 aromatic heterocycles. The quantitative estimate of drug-likeness (QED) is 0.287. The largest absolute Gasteiger partial charge is 0.497 e. The molecule has 0 spiro atoms. The second kappa shape index (κ2) is 13.7. The molecular formula is C27H38N6O3. The van der Waals surface area contributed by atoms with Gasteiger partial charge in [-0.15, -0.1) is 0 Å². The van der Waals surface area contributed by atoms with Crippen LogP contribution in [0.1, 0.15) is 31.9 Å². The first-order valence-corrected chi connectivity index (χ1v) is 12.2. The van der Waals surface area contributed by atoms with Gasteiger partial charge in [-0.05, 0) is 28.7 Å². The van der Waals surface area contributed by atoms with Crippen molar-refractivity contribution in [2.75, 3.05) is 57.3 Å². The molecule has 194 valence electrons. The molecule has 0 radical (unpaired) electrons. The van der Waals surface area contributed by atoms with Crippen molar-refractivity contribution >= 4 is 11.9 Å². The number of anilines is 2. The summed E-state index contributed by atoms with van der Waals surface area (Å²) in [4.78, 5) is 13.9. The van der Waals surface area contributed by atoms with Crippen LogP contribution < -0.4 is 21.1 Å². The second-order valence-corrected chi connectivity index (χ2v) is 9.28. The zero-order valence-corrected chi connectivity index (χ0v) is 21.7. The Hall–Kier alpha value is -3.27. The molecule has 0 aliphatic carbocycles. The Morgan fingerprint density at radius 2 is 1.53 bits per heavy atom. The molecule has 0 amide bonds. The number of nitrogens with two attached hydrogens (primary N) is 1. The van der Waals surface area contributed by atoms with E-state index in [0.29, 0.717) is 63.8 Å². The van der Waals surface area contributed by atoms with Gasteiger partial charge in [0.2, 0.25) is 11.9 Å². The van der Waals surface area contributed by atoms with Gasteiger partial charge < -0.3 is 30.6 Å². The van der Waals surface area contributed by atoms with Crippen molar-refractivity contribution in [3.05, 3.63) is 59.7 Å². The third-order valence-electron chi connectivity index (χ3n) is 5.39. The average molecular weight is 495 g/mol. The monoisotopic (exact) mass is 494 g/mol. The number of nitrogens with one attached hydrogen (secondary N) is 2. The number of methoxy groups -OCH3 is 1. The Bertz CT molecular complexity index is 1070. The predicted molar refractivity (Wildman–Crippen MR) is 143 cm³/mol. The molecule has 36 heavy (non-hydrogen) atoms. The van der Waals surface area contributed by atoms with Crippen LogP contribution in [0.15, 0.2) is 48.5 Å². The molecule has 3 rings (SSSR count). The van der Waals surface area contributed by atoms with Crippen LogP contribution in [0.4, 0.5) is 11.9 Å². The first-order valence-electron chi connectivity index (χ1n) is 12.2. The summed E-state index contributed by atoms with van der Waals surface area (Å²) in [6.45, 7) is 10.3. The van der Waals surface area contributed by atoms with Gasteiger partial charge in [0, 0.05) is 25.2 Å². The smallest absolute Gasteiger partial charge is 0.228 e. The van der Waals surface area contributed by atoms with E-state index in [9.17, 15) is 0 Å². The predicted octanol–water partition coefficient (Wildman–Crippen LogP) is 3.86. The molecule has 9 heteroatoms. The number of hydrogen-bond acceptors (Lipinski definition) is 9. The highest BCUT2D eigenvalue weighted by Crippen LogP contribution is 2.25. The first kappa shape index (κ1) is 27.3. The fourth-order valence-corrected chi connectivity index (χ4v) is 3.39. The Morgan fingerprint density at radius 3 is 2.19 bits per heavy atom. The van der Waals surface area contributed by atoms with E-state index in [0.717, 1.165) is 16.9 Å². The summed E-state index contributed by atoms with van der Waals surface area (Å²) in [5.74, 6) is 2.37. The molecule has 3 aromatic rings. The van der Waals surface area contributed by atoms with Gasteiger partial charge in [-0.1, -0.05) is 57.2 Å². The number of benzene rings is 2. The maximum Gasteiger partial charge on any atom is 0.228 e. The number of hydrogen-bond donors (Lipinski definition) is 3. The van der Waals surface area contributed by atoms with Crippen molar-refractivity contribution in [3.63, 3.8) is 0 Å². The summed E-state index contributed by atoms with van der Waals surface area (Å²) < 4.78 is 16.2. The van der Waals surface area contributed by atoms with Gasteiger partial charge in [-0.2, -0.15) is 15.0 Å². The van der Waals surface area contributed by atoms with E-state index in [1.807, 2.05) is 24.3 Å². The Kier molecular flexibility index (Phi) is 10.4. The summed E-state index contributed by atoms with van der Waals surface area (Å²) in [5, 5.41) is 6.55. The van der Waals surface area contributed by atoms with Crippen molar-refractivity contribution < 1.29 is 14.2 Å². The molecule has 0 saturated heterocycles. The minimum Gasteiger partial charge on any atom is -0.497 e. The maximum atomic E-state index is 5.59. The normalized spacial score (nSPS) is 11.4. The maximum absolute atomic E-state index is 5.59. The van der Waals surface area contributed by atoms with Crippen molar-refractivity contribution in [1.82, 2.24) is 15.0 Å². The van der Waals surface area contributed by atoms with Crippen LogP contribution in [0.2, 0.25) is 0 Å². The lowest BCUT2D eigenvalue weighted by Crippen LogP contribution is -2.16. The van der Waals surface area contributed by atoms with Crippen molar-refractivity contribution in [2.45, 2.75) is 32.7 Å². The lowest BCUT2D eigenvalue weighted by Gasteiger charge is -2.19. The van der Waals surface area contributed by atoms with E-state index in [1.165, 1.54) is 5.56 Å². The van der Waals surface area contributed by atoms with Gasteiger partial charge in [-0.25, -0.2) is 0 Å². The molecule has 1 heterocycles. The SMILES string of the molecule is COc1cccc(CNc2nc(NCCOCCOCCN)nc(-c3ccc(C(C)(C)C)cc3)n2)c1. The fraction of sp³-hybridized carbons (Fsp3) is 0.444. The molecule has 0 bridgehead atoms. The molecule has 0 aliphatic heterocycles. The van der Waals surface area contributed by atoms with Crippen molar-refractivity contribution in [1.29, 1.82) is 0 Å². The summed E-state index contributed by atoms with van der Waals surface area (Å²) in [6.07, 6.45) is 0. The standard InChI is InChI=1S/C27H38N6O3/c1-27(2,3)22-10-8-21(9-11-22)24-31-25(29-13-15-36-17-16-35-14-12-28)33-26(32-24)30-19-20-6-5-7-23(18-20)34-4/h5-11,18H,12-17,19,28H2,1-4H3,(H2,29,30,31,32,33). The first-order chi connectivity index (χ1) is 17.4. The topological polar surface area (TPSA) is 116 Å². The van der Waals surface area contributed by atoms with E-state index in [2.05, 4.69) is 70.6 Å². The van der Waals surface area contributed by atoms with Crippen LogP contribution in [-0.4, -0.2) is 61.6 Å². The molecule has 4 N–H and O–H groups in total. The Morgan fingerprint density at radius 1 is 0.833 bits per heavy atom. The zero-order chi connectivity index (χ0) is 25.8. The minimum absolute atomic E-state index is 0.0726. The molecule has 0 saturated carbocycles. The molecule has 2 aromatic carbocycles. The summed E-state index contributed by atoms with van der Waals surface area (Å²) in [7, 11) is 1.66. The Balaban J connectivity index is 1.71. The van der Waals surface area contributed by atoms with Gasteiger partial charge in [0.05, 0.1) is 33.5 Å². The molecule has 0 unspecified atom stereocenters. The number of aromatic nitrogens is 3. The number of nitrogens with zero attached hydrogens (tertiary/aromatic N) is 3. The highest BCUT2D eigenvalue weighted by molar-refractivity contribution is 5.59. The van der Waals surface area contributed by atoms with Gasteiger partial charge in [0.25, 0.3) is 0 Å². The van der Waals surface area contributed by atoms with Crippen LogP contribution in [0.25, 0.3) is 11.4 Å². The lowest BCUT2D eigenvalue weighted by atomic mass is 9.87. The third kappa shape index (κ3) is 8.75. The summed E-state index contributed by atoms with van der Waals surface area (Å²) in [5.41, 5.74) is 8.72. The minimum atomic E-state index is 0.0726. The fourth-order valence-electron chi connectivity index (χ4n) is 3.39. The van der Waals surface area contributed by atoms with Crippen LogP contribution in [0.3, 0.4) is 0 Å². The van der Waals surface area contributed by atoms with E-state index in [1.54, 1.807) is 7.11 Å².